The largest absolute Gasteiger partial charge is 0.461 e. The van der Waals surface area contributed by atoms with E-state index in [0.29, 0.717) is 5.56 Å². The quantitative estimate of drug-likeness (QED) is 0.451. The Morgan fingerprint density at radius 3 is 2.48 bits per heavy atom. The summed E-state index contributed by atoms with van der Waals surface area (Å²) in [4.78, 5) is 33.6. The molecule has 1 N–H and O–H groups in total. The summed E-state index contributed by atoms with van der Waals surface area (Å²) >= 11 is 0. The standard InChI is InChI=1S/C18H18N2O5/c21-17(12-15-7-4-8-16(11-15)20(23)24)19-10-9-18(22)25-13-14-5-2-1-3-6-14/h1-8,11H,9-10,12-13H2,(H,19,21). The van der Waals surface area contributed by atoms with Gasteiger partial charge in [-0.15, -0.1) is 0 Å². The number of nitro benzene ring substituents is 1. The topological polar surface area (TPSA) is 98.5 Å². The lowest BCUT2D eigenvalue weighted by Gasteiger charge is -2.07. The van der Waals surface area contributed by atoms with Crippen LogP contribution in [0.2, 0.25) is 0 Å². The minimum atomic E-state index is -0.510. The summed E-state index contributed by atoms with van der Waals surface area (Å²) < 4.78 is 5.11. The van der Waals surface area contributed by atoms with E-state index in [4.69, 9.17) is 4.74 Å². The molecule has 0 heterocycles. The molecular formula is C18H18N2O5. The number of rotatable bonds is 8. The van der Waals surface area contributed by atoms with E-state index in [1.54, 1.807) is 6.07 Å². The molecule has 7 heteroatoms. The first-order valence-corrected chi connectivity index (χ1v) is 7.74. The molecule has 0 radical (unpaired) electrons. The minimum absolute atomic E-state index is 0.0146. The highest BCUT2D eigenvalue weighted by atomic mass is 16.6. The van der Waals surface area contributed by atoms with E-state index in [9.17, 15) is 19.7 Å². The molecule has 0 bridgehead atoms. The van der Waals surface area contributed by atoms with Crippen molar-refractivity contribution in [2.45, 2.75) is 19.4 Å². The third-order valence-corrected chi connectivity index (χ3v) is 3.38. The zero-order valence-electron chi connectivity index (χ0n) is 13.5. The highest BCUT2D eigenvalue weighted by Crippen LogP contribution is 2.13. The second-order valence-corrected chi connectivity index (χ2v) is 5.35. The molecule has 0 saturated carbocycles. The summed E-state index contributed by atoms with van der Waals surface area (Å²) in [5.41, 5.74) is 1.37. The lowest BCUT2D eigenvalue weighted by atomic mass is 10.1. The van der Waals surface area contributed by atoms with E-state index in [1.807, 2.05) is 30.3 Å². The van der Waals surface area contributed by atoms with Crippen LogP contribution in [0.3, 0.4) is 0 Å². The van der Waals surface area contributed by atoms with E-state index < -0.39 is 10.9 Å². The van der Waals surface area contributed by atoms with Gasteiger partial charge in [0, 0.05) is 18.7 Å². The molecule has 25 heavy (non-hydrogen) atoms. The van der Waals surface area contributed by atoms with Gasteiger partial charge in [-0.1, -0.05) is 42.5 Å². The van der Waals surface area contributed by atoms with E-state index >= 15 is 0 Å². The van der Waals surface area contributed by atoms with Crippen LogP contribution in [0.25, 0.3) is 0 Å². The lowest BCUT2D eigenvalue weighted by molar-refractivity contribution is -0.384. The number of non-ortho nitro benzene ring substituents is 1. The predicted molar refractivity (Wildman–Crippen MR) is 90.7 cm³/mol. The van der Waals surface area contributed by atoms with Crippen molar-refractivity contribution in [1.29, 1.82) is 0 Å². The van der Waals surface area contributed by atoms with Gasteiger partial charge in [0.2, 0.25) is 5.91 Å². The molecule has 0 unspecified atom stereocenters. The molecule has 0 fully saturated rings. The molecule has 2 rings (SSSR count). The van der Waals surface area contributed by atoms with Gasteiger partial charge in [0.25, 0.3) is 5.69 Å². The van der Waals surface area contributed by atoms with Crippen molar-refractivity contribution in [2.24, 2.45) is 0 Å². The van der Waals surface area contributed by atoms with Gasteiger partial charge in [0.05, 0.1) is 17.8 Å². The van der Waals surface area contributed by atoms with Crippen LogP contribution in [-0.2, 0) is 27.4 Å². The van der Waals surface area contributed by atoms with Crippen LogP contribution in [0.5, 0.6) is 0 Å². The average molecular weight is 342 g/mol. The SMILES string of the molecule is O=C(Cc1cccc([N+](=O)[O-])c1)NCCC(=O)OCc1ccccc1. The Kier molecular flexibility index (Phi) is 6.65. The Balaban J connectivity index is 1.69. The summed E-state index contributed by atoms with van der Waals surface area (Å²) in [5.74, 6) is -0.712. The Hall–Kier alpha value is -3.22. The Bertz CT molecular complexity index is 746. The summed E-state index contributed by atoms with van der Waals surface area (Å²) in [6.45, 7) is 0.350. The van der Waals surface area contributed by atoms with Gasteiger partial charge in [-0.25, -0.2) is 0 Å². The molecule has 0 aliphatic heterocycles. The number of ether oxygens (including phenoxy) is 1. The Morgan fingerprint density at radius 1 is 1.04 bits per heavy atom. The van der Waals surface area contributed by atoms with Crippen LogP contribution in [0, 0.1) is 10.1 Å². The normalized spacial score (nSPS) is 10.1. The van der Waals surface area contributed by atoms with E-state index in [2.05, 4.69) is 5.32 Å². The van der Waals surface area contributed by atoms with Gasteiger partial charge in [-0.05, 0) is 11.1 Å². The van der Waals surface area contributed by atoms with Crippen molar-refractivity contribution in [3.8, 4) is 0 Å². The number of carbonyl (C=O) groups is 2. The fourth-order valence-electron chi connectivity index (χ4n) is 2.14. The lowest BCUT2D eigenvalue weighted by Crippen LogP contribution is -2.27. The van der Waals surface area contributed by atoms with Gasteiger partial charge >= 0.3 is 5.97 Å². The summed E-state index contributed by atoms with van der Waals surface area (Å²) in [5, 5.41) is 13.3. The van der Waals surface area contributed by atoms with Crippen LogP contribution >= 0.6 is 0 Å². The molecule has 130 valence electrons. The predicted octanol–water partition coefficient (Wildman–Crippen LogP) is 2.39. The highest BCUT2D eigenvalue weighted by molar-refractivity contribution is 5.79. The van der Waals surface area contributed by atoms with Crippen LogP contribution < -0.4 is 5.32 Å². The van der Waals surface area contributed by atoms with Crippen molar-refractivity contribution < 1.29 is 19.2 Å². The van der Waals surface area contributed by atoms with Crippen molar-refractivity contribution in [3.63, 3.8) is 0 Å². The molecule has 2 aromatic rings. The molecular weight excluding hydrogens is 324 g/mol. The van der Waals surface area contributed by atoms with Gasteiger partial charge < -0.3 is 10.1 Å². The number of esters is 1. The molecule has 0 aliphatic carbocycles. The first-order chi connectivity index (χ1) is 12.0. The Morgan fingerprint density at radius 2 is 1.76 bits per heavy atom. The number of nitrogens with one attached hydrogen (secondary N) is 1. The van der Waals surface area contributed by atoms with Gasteiger partial charge in [-0.3, -0.25) is 19.7 Å². The summed E-state index contributed by atoms with van der Waals surface area (Å²) in [6, 6.07) is 15.2. The highest BCUT2D eigenvalue weighted by Gasteiger charge is 2.10. The third-order valence-electron chi connectivity index (χ3n) is 3.38. The van der Waals surface area contributed by atoms with Crippen molar-refractivity contribution >= 4 is 17.6 Å². The summed E-state index contributed by atoms with van der Waals surface area (Å²) in [7, 11) is 0. The molecule has 0 aliphatic rings. The van der Waals surface area contributed by atoms with Crippen molar-refractivity contribution in [2.75, 3.05) is 6.54 Å². The van der Waals surface area contributed by atoms with Crippen molar-refractivity contribution in [1.82, 2.24) is 5.32 Å². The number of benzene rings is 2. The first-order valence-electron chi connectivity index (χ1n) is 7.74. The molecule has 0 aromatic heterocycles. The van der Waals surface area contributed by atoms with E-state index in [-0.39, 0.29) is 37.6 Å². The maximum Gasteiger partial charge on any atom is 0.307 e. The van der Waals surface area contributed by atoms with Crippen molar-refractivity contribution in [3.05, 3.63) is 75.8 Å². The van der Waals surface area contributed by atoms with Gasteiger partial charge in [-0.2, -0.15) is 0 Å². The number of carbonyl (C=O) groups excluding carboxylic acids is 2. The number of amides is 1. The minimum Gasteiger partial charge on any atom is -0.461 e. The maximum atomic E-state index is 11.8. The molecule has 0 atom stereocenters. The maximum absolute atomic E-state index is 11.8. The number of nitrogens with zero attached hydrogens (tertiary/aromatic N) is 1. The fourth-order valence-corrected chi connectivity index (χ4v) is 2.14. The fraction of sp³-hybridized carbons (Fsp3) is 0.222. The second-order valence-electron chi connectivity index (χ2n) is 5.35. The summed E-state index contributed by atoms with van der Waals surface area (Å²) in [6.07, 6.45) is 0.0776. The van der Waals surface area contributed by atoms with Gasteiger partial charge in [0.1, 0.15) is 6.61 Å². The monoisotopic (exact) mass is 342 g/mol. The van der Waals surface area contributed by atoms with Crippen LogP contribution in [0.1, 0.15) is 17.5 Å². The average Bonchev–Trinajstić information content (AvgIpc) is 2.61. The smallest absolute Gasteiger partial charge is 0.307 e. The zero-order valence-corrected chi connectivity index (χ0v) is 13.5. The van der Waals surface area contributed by atoms with Crippen LogP contribution in [0.15, 0.2) is 54.6 Å². The van der Waals surface area contributed by atoms with Crippen LogP contribution in [0.4, 0.5) is 5.69 Å². The van der Waals surface area contributed by atoms with E-state index in [0.717, 1.165) is 5.56 Å². The van der Waals surface area contributed by atoms with Gasteiger partial charge in [0.15, 0.2) is 0 Å². The zero-order chi connectivity index (χ0) is 18.1. The molecule has 0 spiro atoms. The third kappa shape index (κ3) is 6.42. The molecule has 1 amide bonds. The number of hydrogen-bond donors (Lipinski definition) is 1. The second kappa shape index (κ2) is 9.17. The number of hydrogen-bond acceptors (Lipinski definition) is 5. The van der Waals surface area contributed by atoms with Crippen LogP contribution in [-0.4, -0.2) is 23.3 Å². The first kappa shape index (κ1) is 18.1. The molecule has 0 saturated heterocycles. The molecule has 7 nitrogen and oxygen atoms in total. The number of nitro groups is 1. The molecule has 2 aromatic carbocycles. The Labute approximate surface area is 144 Å². The van der Waals surface area contributed by atoms with E-state index in [1.165, 1.54) is 18.2 Å².